The molecule has 0 aliphatic rings. The van der Waals surface area contributed by atoms with E-state index < -0.39 is 0 Å². The Morgan fingerprint density at radius 3 is 2.37 bits per heavy atom. The molecule has 2 aromatic carbocycles. The lowest BCUT2D eigenvalue weighted by Crippen LogP contribution is -2.18. The molecule has 2 rings (SSSR count). The first kappa shape index (κ1) is 14.7. The first-order chi connectivity index (χ1) is 9.04. The van der Waals surface area contributed by atoms with Crippen LogP contribution in [0.3, 0.4) is 0 Å². The zero-order valence-corrected chi connectivity index (χ0v) is 12.9. The summed E-state index contributed by atoms with van der Waals surface area (Å²) < 4.78 is 0. The molecular formula is C15H14Cl3N. The van der Waals surface area contributed by atoms with E-state index in [1.807, 2.05) is 44.3 Å². The zero-order chi connectivity index (χ0) is 14.0. The van der Waals surface area contributed by atoms with Gasteiger partial charge in [-0.2, -0.15) is 0 Å². The van der Waals surface area contributed by atoms with Gasteiger partial charge in [0.2, 0.25) is 0 Å². The van der Waals surface area contributed by atoms with Gasteiger partial charge < -0.3 is 5.32 Å². The molecule has 0 radical (unpaired) electrons. The number of hydrogen-bond donors (Lipinski definition) is 1. The van der Waals surface area contributed by atoms with Crippen LogP contribution in [0.15, 0.2) is 36.4 Å². The fraction of sp³-hybridized carbons (Fsp3) is 0.200. The fourth-order valence-electron chi connectivity index (χ4n) is 2.09. The van der Waals surface area contributed by atoms with Crippen molar-refractivity contribution in [1.82, 2.24) is 5.32 Å². The van der Waals surface area contributed by atoms with Gasteiger partial charge in [0.15, 0.2) is 0 Å². The van der Waals surface area contributed by atoms with Gasteiger partial charge in [0.05, 0.1) is 16.1 Å². The minimum absolute atomic E-state index is 0.0119. The van der Waals surface area contributed by atoms with Gasteiger partial charge in [-0.25, -0.2) is 0 Å². The SMILES string of the molecule is CNC(c1ccc(Cl)c(Cl)c1)c1cccc(C)c1Cl. The molecule has 0 saturated carbocycles. The number of hydrogen-bond acceptors (Lipinski definition) is 1. The molecule has 4 heteroatoms. The largest absolute Gasteiger partial charge is 0.309 e. The van der Waals surface area contributed by atoms with Gasteiger partial charge in [0.1, 0.15) is 0 Å². The lowest BCUT2D eigenvalue weighted by atomic mass is 9.97. The highest BCUT2D eigenvalue weighted by Crippen LogP contribution is 2.33. The van der Waals surface area contributed by atoms with Gasteiger partial charge in [-0.3, -0.25) is 0 Å². The average molecular weight is 315 g/mol. The van der Waals surface area contributed by atoms with Crippen molar-refractivity contribution in [1.29, 1.82) is 0 Å². The lowest BCUT2D eigenvalue weighted by Gasteiger charge is -2.20. The molecule has 1 nitrogen and oxygen atoms in total. The second-order valence-electron chi connectivity index (χ2n) is 4.37. The number of rotatable bonds is 3. The normalized spacial score (nSPS) is 12.5. The molecule has 0 heterocycles. The zero-order valence-electron chi connectivity index (χ0n) is 10.7. The minimum atomic E-state index is -0.0119. The molecule has 19 heavy (non-hydrogen) atoms. The maximum Gasteiger partial charge on any atom is 0.0595 e. The molecule has 0 saturated heterocycles. The van der Waals surface area contributed by atoms with Crippen LogP contribution in [0.2, 0.25) is 15.1 Å². The average Bonchev–Trinajstić information content (AvgIpc) is 2.39. The second kappa shape index (κ2) is 6.15. The van der Waals surface area contributed by atoms with Crippen LogP contribution in [-0.4, -0.2) is 7.05 Å². The van der Waals surface area contributed by atoms with Crippen molar-refractivity contribution < 1.29 is 0 Å². The molecular weight excluding hydrogens is 301 g/mol. The Kier molecular flexibility index (Phi) is 4.75. The van der Waals surface area contributed by atoms with Crippen molar-refractivity contribution in [3.8, 4) is 0 Å². The van der Waals surface area contributed by atoms with Crippen LogP contribution in [0, 0.1) is 6.92 Å². The molecule has 0 aliphatic heterocycles. The number of halogens is 3. The van der Waals surface area contributed by atoms with E-state index in [-0.39, 0.29) is 6.04 Å². The summed E-state index contributed by atoms with van der Waals surface area (Å²) in [5, 5.41) is 5.13. The summed E-state index contributed by atoms with van der Waals surface area (Å²) in [4.78, 5) is 0. The highest BCUT2D eigenvalue weighted by molar-refractivity contribution is 6.42. The van der Waals surface area contributed by atoms with Crippen LogP contribution in [0.5, 0.6) is 0 Å². The quantitative estimate of drug-likeness (QED) is 0.814. The van der Waals surface area contributed by atoms with E-state index in [4.69, 9.17) is 34.8 Å². The second-order valence-corrected chi connectivity index (χ2v) is 5.57. The van der Waals surface area contributed by atoms with Crippen molar-refractivity contribution in [2.45, 2.75) is 13.0 Å². The van der Waals surface area contributed by atoms with Crippen LogP contribution < -0.4 is 5.32 Å². The summed E-state index contributed by atoms with van der Waals surface area (Å²) in [5.74, 6) is 0. The van der Waals surface area contributed by atoms with Crippen LogP contribution in [0.4, 0.5) is 0 Å². The van der Waals surface area contributed by atoms with E-state index in [1.54, 1.807) is 6.07 Å². The topological polar surface area (TPSA) is 12.0 Å². The number of nitrogens with one attached hydrogen (secondary N) is 1. The predicted octanol–water partition coefficient (Wildman–Crippen LogP) is 5.26. The third-order valence-electron chi connectivity index (χ3n) is 3.10. The standard InChI is InChI=1S/C15H14Cl3N/c1-9-4-3-5-11(14(9)18)15(19-2)10-6-7-12(16)13(17)8-10/h3-8,15,19H,1-2H3. The molecule has 0 amide bonds. The monoisotopic (exact) mass is 313 g/mol. The maximum absolute atomic E-state index is 6.39. The third kappa shape index (κ3) is 3.06. The maximum atomic E-state index is 6.39. The first-order valence-electron chi connectivity index (χ1n) is 5.92. The lowest BCUT2D eigenvalue weighted by molar-refractivity contribution is 0.691. The molecule has 1 atom stereocenters. The van der Waals surface area contributed by atoms with Gasteiger partial charge in [-0.15, -0.1) is 0 Å². The van der Waals surface area contributed by atoms with Crippen LogP contribution >= 0.6 is 34.8 Å². The molecule has 0 bridgehead atoms. The molecule has 0 spiro atoms. The molecule has 0 aromatic heterocycles. The van der Waals surface area contributed by atoms with E-state index in [0.717, 1.165) is 21.7 Å². The van der Waals surface area contributed by atoms with E-state index in [9.17, 15) is 0 Å². The Labute approximate surface area is 128 Å². The fourth-order valence-corrected chi connectivity index (χ4v) is 2.63. The van der Waals surface area contributed by atoms with Gasteiger partial charge in [-0.1, -0.05) is 59.1 Å². The molecule has 1 unspecified atom stereocenters. The van der Waals surface area contributed by atoms with Crippen molar-refractivity contribution in [3.05, 3.63) is 68.2 Å². The predicted molar refractivity (Wildman–Crippen MR) is 83.6 cm³/mol. The third-order valence-corrected chi connectivity index (χ3v) is 4.35. The van der Waals surface area contributed by atoms with Crippen molar-refractivity contribution >= 4 is 34.8 Å². The van der Waals surface area contributed by atoms with Gasteiger partial charge in [-0.05, 0) is 42.8 Å². The number of benzene rings is 2. The number of aryl methyl sites for hydroxylation is 1. The molecule has 100 valence electrons. The van der Waals surface area contributed by atoms with Gasteiger partial charge in [0.25, 0.3) is 0 Å². The van der Waals surface area contributed by atoms with Crippen LogP contribution in [0.25, 0.3) is 0 Å². The van der Waals surface area contributed by atoms with E-state index in [0.29, 0.717) is 10.0 Å². The van der Waals surface area contributed by atoms with E-state index in [1.165, 1.54) is 0 Å². The summed E-state index contributed by atoms with van der Waals surface area (Å²) >= 11 is 18.4. The Balaban J connectivity index is 2.50. The molecule has 0 fully saturated rings. The highest BCUT2D eigenvalue weighted by atomic mass is 35.5. The smallest absolute Gasteiger partial charge is 0.0595 e. The summed E-state index contributed by atoms with van der Waals surface area (Å²) in [6, 6.07) is 11.6. The van der Waals surface area contributed by atoms with Crippen LogP contribution in [-0.2, 0) is 0 Å². The van der Waals surface area contributed by atoms with E-state index in [2.05, 4.69) is 5.32 Å². The van der Waals surface area contributed by atoms with Crippen molar-refractivity contribution in [3.63, 3.8) is 0 Å². The van der Waals surface area contributed by atoms with Crippen molar-refractivity contribution in [2.24, 2.45) is 0 Å². The summed E-state index contributed by atoms with van der Waals surface area (Å²) in [6.07, 6.45) is 0. The van der Waals surface area contributed by atoms with Gasteiger partial charge >= 0.3 is 0 Å². The summed E-state index contributed by atoms with van der Waals surface area (Å²) in [5.41, 5.74) is 3.12. The highest BCUT2D eigenvalue weighted by Gasteiger charge is 2.16. The molecule has 1 N–H and O–H groups in total. The van der Waals surface area contributed by atoms with Crippen molar-refractivity contribution in [2.75, 3.05) is 7.05 Å². The Morgan fingerprint density at radius 1 is 1.00 bits per heavy atom. The van der Waals surface area contributed by atoms with Crippen LogP contribution in [0.1, 0.15) is 22.7 Å². The summed E-state index contributed by atoms with van der Waals surface area (Å²) in [7, 11) is 1.89. The molecule has 0 aliphatic carbocycles. The van der Waals surface area contributed by atoms with E-state index >= 15 is 0 Å². The Bertz CT molecular complexity index is 596. The Morgan fingerprint density at radius 2 is 1.74 bits per heavy atom. The summed E-state index contributed by atoms with van der Waals surface area (Å²) in [6.45, 7) is 1.99. The minimum Gasteiger partial charge on any atom is -0.309 e. The van der Waals surface area contributed by atoms with Gasteiger partial charge in [0, 0.05) is 5.02 Å². The first-order valence-corrected chi connectivity index (χ1v) is 7.05. The Hall–Kier alpha value is -0.730. The molecule has 2 aromatic rings.